The minimum absolute atomic E-state index is 0.192. The Bertz CT molecular complexity index is 1580. The van der Waals surface area contributed by atoms with E-state index in [1.807, 2.05) is 56.3 Å². The second-order valence-corrected chi connectivity index (χ2v) is 9.89. The number of ether oxygens (including phenoxy) is 2. The first-order chi connectivity index (χ1) is 18.3. The van der Waals surface area contributed by atoms with Crippen LogP contribution >= 0.6 is 12.2 Å². The third kappa shape index (κ3) is 3.86. The number of nitrogens with one attached hydrogen (secondary N) is 1. The Balaban J connectivity index is 1.52. The highest BCUT2D eigenvalue weighted by Crippen LogP contribution is 2.46. The van der Waals surface area contributed by atoms with E-state index in [2.05, 4.69) is 32.8 Å². The second-order valence-electron chi connectivity index (χ2n) is 9.50. The van der Waals surface area contributed by atoms with Gasteiger partial charge in [-0.3, -0.25) is 4.98 Å². The lowest BCUT2D eigenvalue weighted by Crippen LogP contribution is -2.29. The number of aromatic nitrogens is 2. The summed E-state index contributed by atoms with van der Waals surface area (Å²) in [6.07, 6.45) is 1.78. The predicted octanol–water partition coefficient (Wildman–Crippen LogP) is 5.40. The first-order valence-electron chi connectivity index (χ1n) is 12.3. The number of carboxylic acids is 1. The van der Waals surface area contributed by atoms with E-state index in [9.17, 15) is 9.90 Å². The normalized spacial score (nSPS) is 18.1. The van der Waals surface area contributed by atoms with E-state index < -0.39 is 5.97 Å². The van der Waals surface area contributed by atoms with Crippen LogP contribution in [0.15, 0.2) is 66.9 Å². The summed E-state index contributed by atoms with van der Waals surface area (Å²) in [4.78, 5) is 18.5. The zero-order valence-electron chi connectivity index (χ0n) is 21.1. The number of hydrogen-bond donors (Lipinski definition) is 2. The monoisotopic (exact) mass is 526 g/mol. The lowest BCUT2D eigenvalue weighted by molar-refractivity contribution is 0.0697. The SMILES string of the molecule is Cc1ccc(C(=O)O)cc1-n1c(C)cc([C@H]2[C@@H](c3ccccn3)NC(=S)N2c2ccc3c(c2)OCO3)c1C. The van der Waals surface area contributed by atoms with E-state index in [1.54, 1.807) is 18.3 Å². The van der Waals surface area contributed by atoms with E-state index in [1.165, 1.54) is 0 Å². The van der Waals surface area contributed by atoms with Crippen LogP contribution in [0.25, 0.3) is 5.69 Å². The molecule has 6 rings (SSSR count). The number of fused-ring (bicyclic) bond motifs is 1. The van der Waals surface area contributed by atoms with E-state index in [-0.39, 0.29) is 24.4 Å². The van der Waals surface area contributed by atoms with Gasteiger partial charge >= 0.3 is 5.97 Å². The summed E-state index contributed by atoms with van der Waals surface area (Å²) in [6.45, 7) is 6.27. The van der Waals surface area contributed by atoms with Gasteiger partial charge in [-0.15, -0.1) is 0 Å². The van der Waals surface area contributed by atoms with Gasteiger partial charge in [-0.05, 0) is 86.6 Å². The Morgan fingerprint density at radius 1 is 1.05 bits per heavy atom. The lowest BCUT2D eigenvalue weighted by atomic mass is 9.96. The number of carbonyl (C=O) groups is 1. The van der Waals surface area contributed by atoms with Crippen LogP contribution in [0.3, 0.4) is 0 Å². The van der Waals surface area contributed by atoms with E-state index in [0.29, 0.717) is 16.6 Å². The molecule has 4 heterocycles. The average molecular weight is 527 g/mol. The van der Waals surface area contributed by atoms with Gasteiger partial charge in [-0.1, -0.05) is 12.1 Å². The molecule has 2 aliphatic heterocycles. The van der Waals surface area contributed by atoms with Crippen LogP contribution in [0.5, 0.6) is 11.5 Å². The quantitative estimate of drug-likeness (QED) is 0.334. The fourth-order valence-corrected chi connectivity index (χ4v) is 5.77. The van der Waals surface area contributed by atoms with Crippen LogP contribution < -0.4 is 19.7 Å². The van der Waals surface area contributed by atoms with Crippen molar-refractivity contribution in [2.24, 2.45) is 0 Å². The number of carboxylic acid groups (broad SMARTS) is 1. The number of hydrogen-bond acceptors (Lipinski definition) is 5. The van der Waals surface area contributed by atoms with Crippen LogP contribution in [-0.2, 0) is 0 Å². The molecule has 192 valence electrons. The maximum atomic E-state index is 11.7. The zero-order valence-corrected chi connectivity index (χ0v) is 22.0. The third-order valence-electron chi connectivity index (χ3n) is 7.22. The van der Waals surface area contributed by atoms with Gasteiger partial charge in [-0.2, -0.15) is 0 Å². The zero-order chi connectivity index (χ0) is 26.6. The highest BCUT2D eigenvalue weighted by Gasteiger charge is 2.42. The van der Waals surface area contributed by atoms with Crippen molar-refractivity contribution in [3.63, 3.8) is 0 Å². The summed E-state index contributed by atoms with van der Waals surface area (Å²) in [7, 11) is 0. The molecule has 9 heteroatoms. The number of aryl methyl sites for hydroxylation is 2. The van der Waals surface area contributed by atoms with Crippen LogP contribution in [0, 0.1) is 20.8 Å². The summed E-state index contributed by atoms with van der Waals surface area (Å²) in [5, 5.41) is 13.7. The van der Waals surface area contributed by atoms with Crippen molar-refractivity contribution in [3.05, 3.63) is 101 Å². The van der Waals surface area contributed by atoms with Gasteiger partial charge < -0.3 is 29.4 Å². The molecule has 2 aromatic carbocycles. The van der Waals surface area contributed by atoms with Crippen LogP contribution in [0.4, 0.5) is 5.69 Å². The molecule has 2 N–H and O–H groups in total. The summed E-state index contributed by atoms with van der Waals surface area (Å²) >= 11 is 5.89. The fourth-order valence-electron chi connectivity index (χ4n) is 5.43. The molecule has 0 amide bonds. The molecular weight excluding hydrogens is 500 g/mol. The number of anilines is 1. The number of rotatable bonds is 5. The molecule has 2 atom stereocenters. The topological polar surface area (TPSA) is 88.8 Å². The van der Waals surface area contributed by atoms with Crippen molar-refractivity contribution in [2.45, 2.75) is 32.9 Å². The van der Waals surface area contributed by atoms with Crippen molar-refractivity contribution in [1.29, 1.82) is 0 Å². The molecule has 1 fully saturated rings. The van der Waals surface area contributed by atoms with Crippen LogP contribution in [0.1, 0.15) is 50.7 Å². The van der Waals surface area contributed by atoms with Gasteiger partial charge in [0, 0.05) is 35.0 Å². The summed E-state index contributed by atoms with van der Waals surface area (Å²) < 4.78 is 13.3. The van der Waals surface area contributed by atoms with Crippen molar-refractivity contribution in [2.75, 3.05) is 11.7 Å². The molecule has 0 saturated carbocycles. The van der Waals surface area contributed by atoms with Crippen molar-refractivity contribution >= 4 is 29.0 Å². The second kappa shape index (κ2) is 9.18. The van der Waals surface area contributed by atoms with Crippen molar-refractivity contribution in [1.82, 2.24) is 14.9 Å². The van der Waals surface area contributed by atoms with Gasteiger partial charge in [0.1, 0.15) is 0 Å². The lowest BCUT2D eigenvalue weighted by Gasteiger charge is -2.28. The predicted molar refractivity (Wildman–Crippen MR) is 147 cm³/mol. The van der Waals surface area contributed by atoms with Crippen LogP contribution in [-0.4, -0.2) is 32.5 Å². The molecule has 38 heavy (non-hydrogen) atoms. The largest absolute Gasteiger partial charge is 0.478 e. The first-order valence-corrected chi connectivity index (χ1v) is 12.7. The molecule has 0 bridgehead atoms. The van der Waals surface area contributed by atoms with Gasteiger partial charge in [-0.25, -0.2) is 4.79 Å². The summed E-state index contributed by atoms with van der Waals surface area (Å²) in [5.41, 5.74) is 6.87. The Kier molecular flexibility index (Phi) is 5.80. The van der Waals surface area contributed by atoms with Gasteiger partial charge in [0.05, 0.1) is 23.3 Å². The number of benzene rings is 2. The highest BCUT2D eigenvalue weighted by atomic mass is 32.1. The first kappa shape index (κ1) is 24.0. The minimum Gasteiger partial charge on any atom is -0.478 e. The Labute approximate surface area is 225 Å². The Morgan fingerprint density at radius 2 is 1.87 bits per heavy atom. The molecule has 4 aromatic rings. The fraction of sp³-hybridized carbons (Fsp3) is 0.207. The van der Waals surface area contributed by atoms with E-state index >= 15 is 0 Å². The molecule has 0 spiro atoms. The van der Waals surface area contributed by atoms with Crippen LogP contribution in [0.2, 0.25) is 0 Å². The molecular formula is C29H26N4O4S. The number of thiocarbonyl (C=S) groups is 1. The minimum atomic E-state index is -0.955. The molecule has 2 aromatic heterocycles. The summed E-state index contributed by atoms with van der Waals surface area (Å²) in [5.74, 6) is 0.428. The van der Waals surface area contributed by atoms with E-state index in [4.69, 9.17) is 21.7 Å². The smallest absolute Gasteiger partial charge is 0.335 e. The van der Waals surface area contributed by atoms with Gasteiger partial charge in [0.25, 0.3) is 0 Å². The number of aromatic carboxylic acids is 1. The third-order valence-corrected chi connectivity index (χ3v) is 7.53. The molecule has 1 saturated heterocycles. The molecule has 8 nitrogen and oxygen atoms in total. The number of pyridine rings is 1. The number of nitrogens with zero attached hydrogens (tertiary/aromatic N) is 3. The standard InChI is InChI=1S/C29H26N4O4S/c1-16-7-8-19(28(34)35)13-23(16)32-17(2)12-21(18(32)3)27-26(22-6-4-5-11-30-22)31-29(38)33(27)20-9-10-24-25(14-20)37-15-36-24/h4-14,26-27H,15H2,1-3H3,(H,31,38)(H,34,35)/t26-,27+/m1/s1. The molecule has 0 aliphatic carbocycles. The van der Waals surface area contributed by atoms with Crippen molar-refractivity contribution < 1.29 is 19.4 Å². The average Bonchev–Trinajstić information content (AvgIpc) is 3.59. The maximum Gasteiger partial charge on any atom is 0.335 e. The highest BCUT2D eigenvalue weighted by molar-refractivity contribution is 7.80. The molecule has 0 radical (unpaired) electrons. The van der Waals surface area contributed by atoms with Gasteiger partial charge in [0.2, 0.25) is 6.79 Å². The molecule has 2 aliphatic rings. The Morgan fingerprint density at radius 3 is 2.63 bits per heavy atom. The molecule has 0 unspecified atom stereocenters. The van der Waals surface area contributed by atoms with E-state index in [0.717, 1.165) is 39.6 Å². The maximum absolute atomic E-state index is 11.7. The summed E-state index contributed by atoms with van der Waals surface area (Å²) in [6, 6.07) is 18.6. The Hall–Kier alpha value is -4.37. The van der Waals surface area contributed by atoms with Crippen molar-refractivity contribution in [3.8, 4) is 17.2 Å². The van der Waals surface area contributed by atoms with Gasteiger partial charge in [0.15, 0.2) is 16.6 Å².